The number of carbonyl (C=O) groups is 1. The zero-order chi connectivity index (χ0) is 11.4. The summed E-state index contributed by atoms with van der Waals surface area (Å²) in [5.41, 5.74) is 0. The molecule has 3 atom stereocenters. The van der Waals surface area contributed by atoms with Gasteiger partial charge in [0.2, 0.25) is 5.91 Å². The van der Waals surface area contributed by atoms with Crippen LogP contribution in [0.1, 0.15) is 38.5 Å². The molecule has 2 rings (SSSR count). The summed E-state index contributed by atoms with van der Waals surface area (Å²) >= 11 is 0. The number of hydrogen-bond acceptors (Lipinski definition) is 3. The Hall–Kier alpha value is -0.610. The maximum absolute atomic E-state index is 11.9. The first kappa shape index (κ1) is 11.9. The SMILES string of the molecule is O=C(NC1CCCC1CO)C1CCCCO1. The average molecular weight is 227 g/mol. The molecule has 2 N–H and O–H groups in total. The Labute approximate surface area is 96.4 Å². The fraction of sp³-hybridized carbons (Fsp3) is 0.917. The summed E-state index contributed by atoms with van der Waals surface area (Å²) in [4.78, 5) is 11.9. The van der Waals surface area contributed by atoms with Crippen molar-refractivity contribution < 1.29 is 14.6 Å². The smallest absolute Gasteiger partial charge is 0.249 e. The maximum Gasteiger partial charge on any atom is 0.249 e. The van der Waals surface area contributed by atoms with Crippen molar-refractivity contribution in [3.8, 4) is 0 Å². The monoisotopic (exact) mass is 227 g/mol. The first-order valence-corrected chi connectivity index (χ1v) is 6.34. The second-order valence-electron chi connectivity index (χ2n) is 4.84. The minimum Gasteiger partial charge on any atom is -0.396 e. The van der Waals surface area contributed by atoms with Gasteiger partial charge in [-0.15, -0.1) is 0 Å². The molecular weight excluding hydrogens is 206 g/mol. The van der Waals surface area contributed by atoms with Gasteiger partial charge in [0.15, 0.2) is 0 Å². The third kappa shape index (κ3) is 2.74. The number of carbonyl (C=O) groups excluding carboxylic acids is 1. The van der Waals surface area contributed by atoms with E-state index in [4.69, 9.17) is 4.74 Å². The first-order valence-electron chi connectivity index (χ1n) is 6.34. The van der Waals surface area contributed by atoms with E-state index in [2.05, 4.69) is 5.32 Å². The fourth-order valence-corrected chi connectivity index (χ4v) is 2.67. The Morgan fingerprint density at radius 1 is 1.25 bits per heavy atom. The summed E-state index contributed by atoms with van der Waals surface area (Å²) < 4.78 is 5.44. The Morgan fingerprint density at radius 3 is 2.81 bits per heavy atom. The molecule has 2 fully saturated rings. The second-order valence-corrected chi connectivity index (χ2v) is 4.84. The molecule has 92 valence electrons. The molecule has 0 spiro atoms. The lowest BCUT2D eigenvalue weighted by Gasteiger charge is -2.25. The maximum atomic E-state index is 11.9. The summed E-state index contributed by atoms with van der Waals surface area (Å²) in [7, 11) is 0. The second kappa shape index (κ2) is 5.64. The standard InChI is InChI=1S/C12H21NO3/c14-8-9-4-3-5-10(9)13-12(15)11-6-1-2-7-16-11/h9-11,14H,1-8H2,(H,13,15). The van der Waals surface area contributed by atoms with Crippen molar-refractivity contribution >= 4 is 5.91 Å². The Morgan fingerprint density at radius 2 is 2.12 bits per heavy atom. The molecule has 2 aliphatic rings. The lowest BCUT2D eigenvalue weighted by atomic mass is 10.0. The van der Waals surface area contributed by atoms with E-state index in [1.165, 1.54) is 0 Å². The first-order chi connectivity index (χ1) is 7.81. The van der Waals surface area contributed by atoms with Crippen LogP contribution in [0.15, 0.2) is 0 Å². The highest BCUT2D eigenvalue weighted by molar-refractivity contribution is 5.81. The van der Waals surface area contributed by atoms with Gasteiger partial charge < -0.3 is 15.2 Å². The normalized spacial score (nSPS) is 34.9. The van der Waals surface area contributed by atoms with Gasteiger partial charge in [0, 0.05) is 25.2 Å². The van der Waals surface area contributed by atoms with E-state index in [9.17, 15) is 9.90 Å². The van der Waals surface area contributed by atoms with Gasteiger partial charge in [0.25, 0.3) is 0 Å². The predicted octanol–water partition coefficient (Wildman–Crippen LogP) is 0.833. The molecule has 0 aromatic rings. The van der Waals surface area contributed by atoms with Crippen LogP contribution in [0, 0.1) is 5.92 Å². The van der Waals surface area contributed by atoms with Crippen LogP contribution in [-0.4, -0.2) is 36.4 Å². The van der Waals surface area contributed by atoms with Crippen LogP contribution in [-0.2, 0) is 9.53 Å². The summed E-state index contributed by atoms with van der Waals surface area (Å²) in [6.07, 6.45) is 5.83. The van der Waals surface area contributed by atoms with Gasteiger partial charge >= 0.3 is 0 Å². The topological polar surface area (TPSA) is 58.6 Å². The number of aliphatic hydroxyl groups is 1. The predicted molar refractivity (Wildman–Crippen MR) is 59.9 cm³/mol. The molecule has 1 saturated carbocycles. The van der Waals surface area contributed by atoms with Gasteiger partial charge in [-0.2, -0.15) is 0 Å². The zero-order valence-electron chi connectivity index (χ0n) is 9.65. The van der Waals surface area contributed by atoms with E-state index in [0.717, 1.165) is 38.5 Å². The van der Waals surface area contributed by atoms with Crippen molar-refractivity contribution in [3.05, 3.63) is 0 Å². The highest BCUT2D eigenvalue weighted by Crippen LogP contribution is 2.25. The Kier molecular flexibility index (Phi) is 4.18. The minimum absolute atomic E-state index is 0.0186. The summed E-state index contributed by atoms with van der Waals surface area (Å²) in [6.45, 7) is 0.878. The van der Waals surface area contributed by atoms with E-state index >= 15 is 0 Å². The molecule has 0 bridgehead atoms. The number of aliphatic hydroxyl groups excluding tert-OH is 1. The van der Waals surface area contributed by atoms with Crippen molar-refractivity contribution in [3.63, 3.8) is 0 Å². The molecule has 0 radical (unpaired) electrons. The van der Waals surface area contributed by atoms with Crippen LogP contribution >= 0.6 is 0 Å². The van der Waals surface area contributed by atoms with Gasteiger partial charge in [-0.05, 0) is 32.1 Å². The highest BCUT2D eigenvalue weighted by Gasteiger charge is 2.30. The van der Waals surface area contributed by atoms with Crippen molar-refractivity contribution in [2.45, 2.75) is 50.7 Å². The van der Waals surface area contributed by atoms with E-state index in [1.54, 1.807) is 0 Å². The molecule has 4 nitrogen and oxygen atoms in total. The zero-order valence-corrected chi connectivity index (χ0v) is 9.65. The highest BCUT2D eigenvalue weighted by atomic mass is 16.5. The van der Waals surface area contributed by atoms with Crippen LogP contribution in [0.5, 0.6) is 0 Å². The number of ether oxygens (including phenoxy) is 1. The number of hydrogen-bond donors (Lipinski definition) is 2. The third-order valence-corrected chi connectivity index (χ3v) is 3.69. The number of amides is 1. The lowest BCUT2D eigenvalue weighted by Crippen LogP contribution is -2.45. The molecule has 16 heavy (non-hydrogen) atoms. The largest absolute Gasteiger partial charge is 0.396 e. The van der Waals surface area contributed by atoms with Gasteiger partial charge in [0.1, 0.15) is 6.10 Å². The molecular formula is C12H21NO3. The molecule has 3 unspecified atom stereocenters. The molecule has 1 aliphatic carbocycles. The molecule has 1 saturated heterocycles. The van der Waals surface area contributed by atoms with Crippen molar-refractivity contribution in [1.82, 2.24) is 5.32 Å². The van der Waals surface area contributed by atoms with Crippen LogP contribution < -0.4 is 5.32 Å². The van der Waals surface area contributed by atoms with Crippen LogP contribution in [0.3, 0.4) is 0 Å². The van der Waals surface area contributed by atoms with E-state index < -0.39 is 0 Å². The van der Waals surface area contributed by atoms with E-state index in [0.29, 0.717) is 6.61 Å². The summed E-state index contributed by atoms with van der Waals surface area (Å²) in [5, 5.41) is 12.2. The molecule has 0 aromatic heterocycles. The molecule has 1 heterocycles. The molecule has 1 aliphatic heterocycles. The lowest BCUT2D eigenvalue weighted by molar-refractivity contribution is -0.136. The van der Waals surface area contributed by atoms with Gasteiger partial charge in [-0.25, -0.2) is 0 Å². The Balaban J connectivity index is 1.81. The molecule has 1 amide bonds. The number of nitrogens with one attached hydrogen (secondary N) is 1. The average Bonchev–Trinajstić information content (AvgIpc) is 2.77. The minimum atomic E-state index is -0.256. The summed E-state index contributed by atoms with van der Waals surface area (Å²) in [6, 6.07) is 0.156. The summed E-state index contributed by atoms with van der Waals surface area (Å²) in [5.74, 6) is 0.262. The fourth-order valence-electron chi connectivity index (χ4n) is 2.67. The third-order valence-electron chi connectivity index (χ3n) is 3.69. The molecule has 4 heteroatoms. The van der Waals surface area contributed by atoms with Gasteiger partial charge in [-0.3, -0.25) is 4.79 Å². The van der Waals surface area contributed by atoms with Crippen molar-refractivity contribution in [2.75, 3.05) is 13.2 Å². The Bertz CT molecular complexity index is 238. The van der Waals surface area contributed by atoms with Crippen LogP contribution in [0.4, 0.5) is 0 Å². The van der Waals surface area contributed by atoms with Crippen LogP contribution in [0.2, 0.25) is 0 Å². The van der Waals surface area contributed by atoms with Crippen molar-refractivity contribution in [1.29, 1.82) is 0 Å². The van der Waals surface area contributed by atoms with E-state index in [1.807, 2.05) is 0 Å². The van der Waals surface area contributed by atoms with Crippen molar-refractivity contribution in [2.24, 2.45) is 5.92 Å². The van der Waals surface area contributed by atoms with Gasteiger partial charge in [-0.1, -0.05) is 6.42 Å². The van der Waals surface area contributed by atoms with Gasteiger partial charge in [0.05, 0.1) is 0 Å². The quantitative estimate of drug-likeness (QED) is 0.751. The van der Waals surface area contributed by atoms with E-state index in [-0.39, 0.29) is 30.6 Å². The van der Waals surface area contributed by atoms with Crippen LogP contribution in [0.25, 0.3) is 0 Å². The molecule has 0 aromatic carbocycles. The number of rotatable bonds is 3.